The molecule has 4 nitrogen and oxygen atoms in total. The average Bonchev–Trinajstić information content (AvgIpc) is 2.72. The van der Waals surface area contributed by atoms with Crippen LogP contribution in [0.4, 0.5) is 0 Å². The van der Waals surface area contributed by atoms with E-state index in [1.165, 1.54) is 0 Å². The summed E-state index contributed by atoms with van der Waals surface area (Å²) >= 11 is 0. The summed E-state index contributed by atoms with van der Waals surface area (Å²) in [4.78, 5) is 16.1. The quantitative estimate of drug-likeness (QED) is 0.606. The van der Waals surface area contributed by atoms with Gasteiger partial charge in [-0.05, 0) is 12.1 Å². The van der Waals surface area contributed by atoms with Crippen LogP contribution in [0.25, 0.3) is 6.08 Å². The first-order valence-corrected chi connectivity index (χ1v) is 6.08. The molecule has 1 aromatic rings. The Morgan fingerprint density at radius 1 is 1.26 bits per heavy atom. The van der Waals surface area contributed by atoms with Crippen LogP contribution in [-0.2, 0) is 9.53 Å². The van der Waals surface area contributed by atoms with Crippen LogP contribution in [0.2, 0.25) is 0 Å². The fourth-order valence-corrected chi connectivity index (χ4v) is 1.66. The number of carbonyl (C=O) groups is 1. The first-order chi connectivity index (χ1) is 8.91. The predicted octanol–water partition coefficient (Wildman–Crippen LogP) is 3.04. The number of benzene rings is 1. The Morgan fingerprint density at radius 3 is 2.53 bits per heavy atom. The number of nitrogens with zero attached hydrogens (tertiary/aromatic N) is 1. The Morgan fingerprint density at radius 2 is 1.95 bits per heavy atom. The Kier molecular flexibility index (Phi) is 3.42. The summed E-state index contributed by atoms with van der Waals surface area (Å²) in [7, 11) is 1.59. The van der Waals surface area contributed by atoms with Gasteiger partial charge >= 0.3 is 5.97 Å². The number of esters is 1. The summed E-state index contributed by atoms with van der Waals surface area (Å²) in [5, 5.41) is 0. The van der Waals surface area contributed by atoms with E-state index < -0.39 is 5.97 Å². The molecule has 0 bridgehead atoms. The SMILES string of the molecule is COc1ccccc1/C=C1\N=C(C(C)(C)C)OC1=O. The van der Waals surface area contributed by atoms with Crippen LogP contribution in [0.15, 0.2) is 35.0 Å². The Labute approximate surface area is 112 Å². The molecule has 1 aromatic carbocycles. The smallest absolute Gasteiger partial charge is 0.363 e. The Balaban J connectivity index is 2.39. The maximum absolute atomic E-state index is 11.8. The minimum absolute atomic E-state index is 0.286. The van der Waals surface area contributed by atoms with Crippen molar-refractivity contribution in [2.75, 3.05) is 7.11 Å². The van der Waals surface area contributed by atoms with Crippen molar-refractivity contribution in [1.29, 1.82) is 0 Å². The lowest BCUT2D eigenvalue weighted by Crippen LogP contribution is -2.21. The topological polar surface area (TPSA) is 47.9 Å². The summed E-state index contributed by atoms with van der Waals surface area (Å²) < 4.78 is 10.4. The first kappa shape index (κ1) is 13.3. The van der Waals surface area contributed by atoms with Gasteiger partial charge in [-0.2, -0.15) is 0 Å². The van der Waals surface area contributed by atoms with Gasteiger partial charge in [0.15, 0.2) is 5.70 Å². The molecule has 100 valence electrons. The van der Waals surface area contributed by atoms with Gasteiger partial charge in [0.25, 0.3) is 0 Å². The maximum atomic E-state index is 11.8. The molecule has 0 fully saturated rings. The zero-order valence-electron chi connectivity index (χ0n) is 11.6. The van der Waals surface area contributed by atoms with E-state index in [0.717, 1.165) is 5.56 Å². The highest BCUT2D eigenvalue weighted by molar-refractivity contribution is 6.08. The molecule has 19 heavy (non-hydrogen) atoms. The second-order valence-corrected chi connectivity index (χ2v) is 5.33. The number of ether oxygens (including phenoxy) is 2. The summed E-state index contributed by atoms with van der Waals surface area (Å²) in [5.74, 6) is 0.719. The van der Waals surface area contributed by atoms with Gasteiger partial charge in [0.1, 0.15) is 5.75 Å². The summed E-state index contributed by atoms with van der Waals surface area (Å²) in [6.45, 7) is 5.85. The van der Waals surface area contributed by atoms with E-state index in [9.17, 15) is 4.79 Å². The molecule has 0 saturated heterocycles. The second kappa shape index (κ2) is 4.88. The third kappa shape index (κ3) is 2.84. The highest BCUT2D eigenvalue weighted by Crippen LogP contribution is 2.27. The number of carbonyl (C=O) groups excluding carboxylic acids is 1. The van der Waals surface area contributed by atoms with Crippen LogP contribution in [0.5, 0.6) is 5.75 Å². The van der Waals surface area contributed by atoms with Gasteiger partial charge in [-0.3, -0.25) is 0 Å². The van der Waals surface area contributed by atoms with E-state index in [4.69, 9.17) is 9.47 Å². The molecule has 1 heterocycles. The highest BCUT2D eigenvalue weighted by atomic mass is 16.6. The van der Waals surface area contributed by atoms with Crippen molar-refractivity contribution in [3.63, 3.8) is 0 Å². The third-order valence-electron chi connectivity index (χ3n) is 2.69. The summed E-state index contributed by atoms with van der Waals surface area (Å²) in [5.41, 5.74) is 0.816. The van der Waals surface area contributed by atoms with E-state index in [1.54, 1.807) is 13.2 Å². The van der Waals surface area contributed by atoms with Crippen molar-refractivity contribution in [3.05, 3.63) is 35.5 Å². The standard InChI is InChI=1S/C15H17NO3/c1-15(2,3)14-16-11(13(17)19-14)9-10-7-5-6-8-12(10)18-4/h5-9H,1-4H3/b11-9-. The van der Waals surface area contributed by atoms with E-state index in [1.807, 2.05) is 45.0 Å². The molecule has 1 aliphatic heterocycles. The molecule has 0 spiro atoms. The number of hydrogen-bond donors (Lipinski definition) is 0. The molecular weight excluding hydrogens is 242 g/mol. The van der Waals surface area contributed by atoms with Crippen molar-refractivity contribution in [2.45, 2.75) is 20.8 Å². The minimum Gasteiger partial charge on any atom is -0.496 e. The highest BCUT2D eigenvalue weighted by Gasteiger charge is 2.31. The normalized spacial score (nSPS) is 17.4. The molecule has 0 N–H and O–H groups in total. The summed E-state index contributed by atoms with van der Waals surface area (Å²) in [6.07, 6.45) is 1.68. The Hall–Kier alpha value is -2.10. The van der Waals surface area contributed by atoms with Crippen molar-refractivity contribution in [2.24, 2.45) is 10.4 Å². The molecule has 0 saturated carbocycles. The van der Waals surface area contributed by atoms with Gasteiger partial charge in [-0.1, -0.05) is 39.0 Å². The monoisotopic (exact) mass is 259 g/mol. The van der Waals surface area contributed by atoms with E-state index in [-0.39, 0.29) is 5.41 Å². The molecule has 0 atom stereocenters. The zero-order chi connectivity index (χ0) is 14.0. The predicted molar refractivity (Wildman–Crippen MR) is 74.0 cm³/mol. The minimum atomic E-state index is -0.421. The fraction of sp³-hybridized carbons (Fsp3) is 0.333. The van der Waals surface area contributed by atoms with Gasteiger partial charge < -0.3 is 9.47 Å². The number of hydrogen-bond acceptors (Lipinski definition) is 4. The van der Waals surface area contributed by atoms with Crippen molar-refractivity contribution in [1.82, 2.24) is 0 Å². The molecule has 0 unspecified atom stereocenters. The van der Waals surface area contributed by atoms with E-state index >= 15 is 0 Å². The van der Waals surface area contributed by atoms with Crippen LogP contribution >= 0.6 is 0 Å². The molecule has 0 aromatic heterocycles. The van der Waals surface area contributed by atoms with Crippen molar-refractivity contribution < 1.29 is 14.3 Å². The van der Waals surface area contributed by atoms with Crippen LogP contribution in [0.3, 0.4) is 0 Å². The van der Waals surface area contributed by atoms with Gasteiger partial charge in [0.05, 0.1) is 7.11 Å². The zero-order valence-corrected chi connectivity index (χ0v) is 11.6. The first-order valence-electron chi connectivity index (χ1n) is 6.08. The third-order valence-corrected chi connectivity index (χ3v) is 2.69. The maximum Gasteiger partial charge on any atom is 0.363 e. The lowest BCUT2D eigenvalue weighted by molar-refractivity contribution is -0.130. The largest absolute Gasteiger partial charge is 0.496 e. The molecule has 0 radical (unpaired) electrons. The van der Waals surface area contributed by atoms with E-state index in [0.29, 0.717) is 17.3 Å². The lowest BCUT2D eigenvalue weighted by atomic mass is 9.97. The molecule has 0 aliphatic carbocycles. The van der Waals surface area contributed by atoms with Gasteiger partial charge in [-0.15, -0.1) is 0 Å². The van der Waals surface area contributed by atoms with Crippen molar-refractivity contribution in [3.8, 4) is 5.75 Å². The van der Waals surface area contributed by atoms with Crippen LogP contribution < -0.4 is 4.74 Å². The van der Waals surface area contributed by atoms with Crippen LogP contribution in [-0.4, -0.2) is 19.0 Å². The number of methoxy groups -OCH3 is 1. The number of aliphatic imine (C=N–C) groups is 1. The van der Waals surface area contributed by atoms with Gasteiger partial charge in [-0.25, -0.2) is 9.79 Å². The number of para-hydroxylation sites is 1. The molecule has 4 heteroatoms. The van der Waals surface area contributed by atoms with E-state index in [2.05, 4.69) is 4.99 Å². The van der Waals surface area contributed by atoms with Crippen LogP contribution in [0, 0.1) is 5.41 Å². The number of cyclic esters (lactones) is 1. The van der Waals surface area contributed by atoms with Gasteiger partial charge in [0, 0.05) is 11.0 Å². The molecule has 2 rings (SSSR count). The fourth-order valence-electron chi connectivity index (χ4n) is 1.66. The van der Waals surface area contributed by atoms with Crippen LogP contribution in [0.1, 0.15) is 26.3 Å². The van der Waals surface area contributed by atoms with Gasteiger partial charge in [0.2, 0.25) is 5.90 Å². The molecular formula is C15H17NO3. The molecule has 0 amide bonds. The second-order valence-electron chi connectivity index (χ2n) is 5.33. The number of rotatable bonds is 2. The molecule has 1 aliphatic rings. The lowest BCUT2D eigenvalue weighted by Gasteiger charge is -2.15. The Bertz CT molecular complexity index is 565. The van der Waals surface area contributed by atoms with Crippen molar-refractivity contribution >= 4 is 17.9 Å². The average molecular weight is 259 g/mol. The summed E-state index contributed by atoms with van der Waals surface area (Å²) in [6, 6.07) is 7.45.